The number of carbonyl (C=O) groups excluding carboxylic acids is 2. The molecule has 1 unspecified atom stereocenters. The third-order valence-electron chi connectivity index (χ3n) is 5.85. The number of ether oxygens (including phenoxy) is 1. The van der Waals surface area contributed by atoms with E-state index in [-0.39, 0.29) is 30.8 Å². The van der Waals surface area contributed by atoms with Crippen LogP contribution < -0.4 is 5.32 Å². The van der Waals surface area contributed by atoms with Crippen LogP contribution in [0.5, 0.6) is 0 Å². The van der Waals surface area contributed by atoms with Gasteiger partial charge in [0.25, 0.3) is 5.91 Å². The molecule has 2 amide bonds. The minimum absolute atomic E-state index is 0.0718. The van der Waals surface area contributed by atoms with Crippen molar-refractivity contribution in [3.8, 4) is 0 Å². The smallest absolute Gasteiger partial charge is 0.256 e. The van der Waals surface area contributed by atoms with E-state index in [1.807, 2.05) is 18.2 Å². The van der Waals surface area contributed by atoms with Gasteiger partial charge >= 0.3 is 0 Å². The topological polar surface area (TPSA) is 58.6 Å². The van der Waals surface area contributed by atoms with Crippen LogP contribution in [0.15, 0.2) is 54.6 Å². The lowest BCUT2D eigenvalue weighted by molar-refractivity contribution is -0.127. The zero-order valence-corrected chi connectivity index (χ0v) is 16.3. The fourth-order valence-corrected chi connectivity index (χ4v) is 4.33. The van der Waals surface area contributed by atoms with Crippen molar-refractivity contribution in [3.05, 3.63) is 71.5 Å². The summed E-state index contributed by atoms with van der Waals surface area (Å²) >= 11 is 0. The Hall–Kier alpha value is -2.73. The molecule has 1 aliphatic heterocycles. The molecule has 5 nitrogen and oxygen atoms in total. The maximum absolute atomic E-state index is 13.9. The van der Waals surface area contributed by atoms with Crippen LogP contribution in [0.2, 0.25) is 0 Å². The highest BCUT2D eigenvalue weighted by molar-refractivity contribution is 5.98. The van der Waals surface area contributed by atoms with E-state index in [1.165, 1.54) is 6.07 Å². The van der Waals surface area contributed by atoms with E-state index >= 15 is 0 Å². The number of carbonyl (C=O) groups is 2. The van der Waals surface area contributed by atoms with E-state index in [2.05, 4.69) is 5.32 Å². The number of nitrogens with zero attached hydrogens (tertiary/aromatic N) is 1. The van der Waals surface area contributed by atoms with Crippen LogP contribution in [0.25, 0.3) is 0 Å². The zero-order chi connectivity index (χ0) is 20.3. The Bertz CT molecular complexity index is 881. The first-order valence-electron chi connectivity index (χ1n) is 10.1. The summed E-state index contributed by atoms with van der Waals surface area (Å²) < 4.78 is 20.0. The van der Waals surface area contributed by atoms with Gasteiger partial charge < -0.3 is 10.1 Å². The lowest BCUT2D eigenvalue weighted by atomic mass is 9.89. The summed E-state index contributed by atoms with van der Waals surface area (Å²) in [5.41, 5.74) is 0.216. The summed E-state index contributed by atoms with van der Waals surface area (Å²) in [5.74, 6) is -0.882. The maximum Gasteiger partial charge on any atom is 0.256 e. The first-order chi connectivity index (χ1) is 14.1. The van der Waals surface area contributed by atoms with Crippen LogP contribution in [0, 0.1) is 5.82 Å². The first-order valence-corrected chi connectivity index (χ1v) is 10.1. The SMILES string of the molecule is O=C(NCc1ccccc1F)C1COC2(CCCCC2)N1C(=O)c1ccccc1. The Kier molecular flexibility index (Phi) is 5.62. The van der Waals surface area contributed by atoms with Gasteiger partial charge in [-0.1, -0.05) is 42.8 Å². The predicted octanol–water partition coefficient (Wildman–Crippen LogP) is 3.64. The molecule has 0 aromatic heterocycles. The van der Waals surface area contributed by atoms with Gasteiger partial charge in [-0.2, -0.15) is 0 Å². The molecule has 1 saturated carbocycles. The van der Waals surface area contributed by atoms with Crippen LogP contribution in [0.1, 0.15) is 48.0 Å². The highest BCUT2D eigenvalue weighted by Gasteiger charge is 2.52. The van der Waals surface area contributed by atoms with Gasteiger partial charge in [0.1, 0.15) is 17.6 Å². The first kappa shape index (κ1) is 19.6. The van der Waals surface area contributed by atoms with Crippen molar-refractivity contribution in [3.63, 3.8) is 0 Å². The van der Waals surface area contributed by atoms with Gasteiger partial charge in [-0.25, -0.2) is 4.39 Å². The van der Waals surface area contributed by atoms with Crippen molar-refractivity contribution >= 4 is 11.8 Å². The van der Waals surface area contributed by atoms with Gasteiger partial charge in [0.05, 0.1) is 6.61 Å². The van der Waals surface area contributed by atoms with E-state index in [4.69, 9.17) is 4.74 Å². The van der Waals surface area contributed by atoms with E-state index in [0.29, 0.717) is 11.1 Å². The molecule has 2 aromatic carbocycles. The predicted molar refractivity (Wildman–Crippen MR) is 106 cm³/mol. The normalized spacial score (nSPS) is 20.6. The number of nitrogens with one attached hydrogen (secondary N) is 1. The lowest BCUT2D eigenvalue weighted by Gasteiger charge is -2.41. The number of benzene rings is 2. The summed E-state index contributed by atoms with van der Waals surface area (Å²) in [5, 5.41) is 2.79. The summed E-state index contributed by atoms with van der Waals surface area (Å²) in [7, 11) is 0. The second kappa shape index (κ2) is 8.33. The standard InChI is InChI=1S/C23H25FN2O3/c24-19-12-6-5-11-18(19)15-25-21(27)20-16-29-23(13-7-2-8-14-23)26(20)22(28)17-9-3-1-4-10-17/h1,3-6,9-12,20H,2,7-8,13-16H2,(H,25,27). The average molecular weight is 396 g/mol. The molecule has 1 N–H and O–H groups in total. The van der Waals surface area contributed by atoms with E-state index < -0.39 is 11.8 Å². The van der Waals surface area contributed by atoms with Gasteiger partial charge in [-0.3, -0.25) is 14.5 Å². The van der Waals surface area contributed by atoms with Crippen LogP contribution in [0.3, 0.4) is 0 Å². The molecule has 152 valence electrons. The van der Waals surface area contributed by atoms with E-state index in [0.717, 1.165) is 32.1 Å². The van der Waals surface area contributed by atoms with Gasteiger partial charge in [-0.15, -0.1) is 0 Å². The molecule has 6 heteroatoms. The molecule has 0 bridgehead atoms. The van der Waals surface area contributed by atoms with Crippen molar-refractivity contribution < 1.29 is 18.7 Å². The van der Waals surface area contributed by atoms with Crippen molar-refractivity contribution in [2.75, 3.05) is 6.61 Å². The molecule has 1 atom stereocenters. The van der Waals surface area contributed by atoms with Crippen molar-refractivity contribution in [1.29, 1.82) is 0 Å². The molecule has 1 heterocycles. The Labute approximate surface area is 169 Å². The van der Waals surface area contributed by atoms with Crippen molar-refractivity contribution in [2.45, 2.75) is 50.4 Å². The number of hydrogen-bond donors (Lipinski definition) is 1. The molecular formula is C23H25FN2O3. The molecule has 2 aromatic rings. The molecule has 2 fully saturated rings. The average Bonchev–Trinajstić information content (AvgIpc) is 3.12. The Morgan fingerprint density at radius 1 is 1.03 bits per heavy atom. The second-order valence-electron chi connectivity index (χ2n) is 7.68. The van der Waals surface area contributed by atoms with Crippen LogP contribution in [-0.4, -0.2) is 35.1 Å². The lowest BCUT2D eigenvalue weighted by Crippen LogP contribution is -2.56. The molecule has 29 heavy (non-hydrogen) atoms. The monoisotopic (exact) mass is 396 g/mol. The van der Waals surface area contributed by atoms with Crippen molar-refractivity contribution in [1.82, 2.24) is 10.2 Å². The number of hydrogen-bond acceptors (Lipinski definition) is 3. The van der Waals surface area contributed by atoms with Crippen LogP contribution in [-0.2, 0) is 16.1 Å². The zero-order valence-electron chi connectivity index (χ0n) is 16.3. The molecule has 4 rings (SSSR count). The molecule has 0 radical (unpaired) electrons. The summed E-state index contributed by atoms with van der Waals surface area (Å²) in [6.45, 7) is 0.226. The second-order valence-corrected chi connectivity index (χ2v) is 7.68. The van der Waals surface area contributed by atoms with Crippen LogP contribution in [0.4, 0.5) is 4.39 Å². The van der Waals surface area contributed by atoms with Crippen LogP contribution >= 0.6 is 0 Å². The molecule has 2 aliphatic rings. The largest absolute Gasteiger partial charge is 0.353 e. The van der Waals surface area contributed by atoms with Crippen molar-refractivity contribution in [2.24, 2.45) is 0 Å². The third-order valence-corrected chi connectivity index (χ3v) is 5.85. The highest BCUT2D eigenvalue weighted by Crippen LogP contribution is 2.41. The fourth-order valence-electron chi connectivity index (χ4n) is 4.33. The van der Waals surface area contributed by atoms with Gasteiger partial charge in [0.15, 0.2) is 0 Å². The Morgan fingerprint density at radius 2 is 1.72 bits per heavy atom. The minimum atomic E-state index is -0.731. The van der Waals surface area contributed by atoms with Gasteiger partial charge in [0.2, 0.25) is 5.91 Å². The molecule has 1 spiro atoms. The number of rotatable bonds is 4. The third kappa shape index (κ3) is 3.90. The summed E-state index contributed by atoms with van der Waals surface area (Å²) in [6, 6.07) is 14.6. The molecular weight excluding hydrogens is 371 g/mol. The number of amides is 2. The highest BCUT2D eigenvalue weighted by atomic mass is 19.1. The van der Waals surface area contributed by atoms with E-state index in [1.54, 1.807) is 35.2 Å². The summed E-state index contributed by atoms with van der Waals surface area (Å²) in [4.78, 5) is 28.0. The van der Waals surface area contributed by atoms with E-state index in [9.17, 15) is 14.0 Å². The Balaban J connectivity index is 1.56. The maximum atomic E-state index is 13.9. The molecule has 1 aliphatic carbocycles. The van der Waals surface area contributed by atoms with Gasteiger partial charge in [0, 0.05) is 17.7 Å². The molecule has 1 saturated heterocycles. The Morgan fingerprint density at radius 3 is 2.45 bits per heavy atom. The van der Waals surface area contributed by atoms with Gasteiger partial charge in [-0.05, 0) is 43.9 Å². The fraction of sp³-hybridized carbons (Fsp3) is 0.391. The minimum Gasteiger partial charge on any atom is -0.353 e. The summed E-state index contributed by atoms with van der Waals surface area (Å²) in [6.07, 6.45) is 4.47. The number of halogens is 1. The quantitative estimate of drug-likeness (QED) is 0.858.